The summed E-state index contributed by atoms with van der Waals surface area (Å²) in [6, 6.07) is 2.66. The Morgan fingerprint density at radius 2 is 1.89 bits per heavy atom. The number of hydrogen-bond donors (Lipinski definition) is 4. The van der Waals surface area contributed by atoms with Crippen LogP contribution in [0.3, 0.4) is 0 Å². The molecular weight excluding hydrogens is 252 g/mol. The van der Waals surface area contributed by atoms with E-state index >= 15 is 0 Å². The van der Waals surface area contributed by atoms with Crippen LogP contribution in [-0.2, 0) is 9.53 Å². The highest BCUT2D eigenvalue weighted by molar-refractivity contribution is 5.93. The zero-order chi connectivity index (χ0) is 14.7. The summed E-state index contributed by atoms with van der Waals surface area (Å²) in [6.07, 6.45) is -3.35. The number of hydrogen-bond acceptors (Lipinski definition) is 6. The number of methoxy groups -OCH3 is 1. The summed E-state index contributed by atoms with van der Waals surface area (Å²) < 4.78 is 4.58. The van der Waals surface area contributed by atoms with Gasteiger partial charge in [-0.05, 0) is 30.2 Å². The smallest absolute Gasteiger partial charge is 0.338 e. The maximum Gasteiger partial charge on any atom is 0.338 e. The van der Waals surface area contributed by atoms with Crippen molar-refractivity contribution >= 4 is 17.6 Å². The van der Waals surface area contributed by atoms with Crippen LogP contribution < -0.4 is 11.5 Å². The zero-order valence-electron chi connectivity index (χ0n) is 10.6. The van der Waals surface area contributed by atoms with Crippen molar-refractivity contribution in [2.45, 2.75) is 19.1 Å². The predicted octanol–water partition coefficient (Wildman–Crippen LogP) is -0.757. The normalized spacial score (nSPS) is 13.7. The Morgan fingerprint density at radius 3 is 2.37 bits per heavy atom. The van der Waals surface area contributed by atoms with Crippen LogP contribution in [0.25, 0.3) is 0 Å². The first-order valence-electron chi connectivity index (χ1n) is 5.43. The van der Waals surface area contributed by atoms with Crippen LogP contribution in [0.4, 0.5) is 5.69 Å². The van der Waals surface area contributed by atoms with Gasteiger partial charge in [-0.3, -0.25) is 4.79 Å². The van der Waals surface area contributed by atoms with Crippen LogP contribution in [0.2, 0.25) is 0 Å². The molecule has 0 saturated carbocycles. The summed E-state index contributed by atoms with van der Waals surface area (Å²) in [4.78, 5) is 22.4. The molecule has 0 aromatic heterocycles. The van der Waals surface area contributed by atoms with Crippen molar-refractivity contribution in [3.63, 3.8) is 0 Å². The van der Waals surface area contributed by atoms with Gasteiger partial charge in [-0.15, -0.1) is 0 Å². The van der Waals surface area contributed by atoms with Crippen molar-refractivity contribution in [1.82, 2.24) is 0 Å². The molecule has 1 aromatic carbocycles. The Kier molecular flexibility index (Phi) is 4.47. The highest BCUT2D eigenvalue weighted by Crippen LogP contribution is 2.25. The van der Waals surface area contributed by atoms with Gasteiger partial charge in [0, 0.05) is 5.69 Å². The Balaban J connectivity index is 3.27. The molecule has 104 valence electrons. The second-order valence-electron chi connectivity index (χ2n) is 4.07. The van der Waals surface area contributed by atoms with E-state index in [1.165, 1.54) is 19.2 Å². The van der Waals surface area contributed by atoms with Crippen LogP contribution in [0, 0.1) is 6.92 Å². The summed E-state index contributed by atoms with van der Waals surface area (Å²) >= 11 is 0. The fourth-order valence-corrected chi connectivity index (χ4v) is 1.59. The quantitative estimate of drug-likeness (QED) is 0.418. The Bertz CT molecular complexity index is 515. The molecule has 0 heterocycles. The van der Waals surface area contributed by atoms with Gasteiger partial charge >= 0.3 is 5.97 Å². The van der Waals surface area contributed by atoms with Gasteiger partial charge in [0.15, 0.2) is 6.10 Å². The lowest BCUT2D eigenvalue weighted by Gasteiger charge is -2.17. The van der Waals surface area contributed by atoms with Gasteiger partial charge in [-0.1, -0.05) is 0 Å². The van der Waals surface area contributed by atoms with E-state index in [-0.39, 0.29) is 16.8 Å². The first-order valence-corrected chi connectivity index (χ1v) is 5.43. The fraction of sp³-hybridized carbons (Fsp3) is 0.333. The Hall–Kier alpha value is -2.12. The van der Waals surface area contributed by atoms with Crippen molar-refractivity contribution < 1.29 is 24.5 Å². The average Bonchev–Trinajstić information content (AvgIpc) is 2.38. The zero-order valence-corrected chi connectivity index (χ0v) is 10.6. The van der Waals surface area contributed by atoms with E-state index in [1.807, 2.05) is 0 Å². The summed E-state index contributed by atoms with van der Waals surface area (Å²) in [5.74, 6) is -1.71. The largest absolute Gasteiger partial charge is 0.465 e. The number of esters is 1. The maximum absolute atomic E-state index is 11.6. The molecule has 0 bridgehead atoms. The first kappa shape index (κ1) is 14.9. The molecule has 6 N–H and O–H groups in total. The molecule has 19 heavy (non-hydrogen) atoms. The van der Waals surface area contributed by atoms with E-state index in [4.69, 9.17) is 11.5 Å². The van der Waals surface area contributed by atoms with Gasteiger partial charge in [0.1, 0.15) is 6.10 Å². The van der Waals surface area contributed by atoms with Gasteiger partial charge in [0.25, 0.3) is 0 Å². The molecule has 2 atom stereocenters. The van der Waals surface area contributed by atoms with Crippen LogP contribution in [-0.4, -0.2) is 35.3 Å². The third kappa shape index (κ3) is 3.01. The molecule has 0 spiro atoms. The van der Waals surface area contributed by atoms with Gasteiger partial charge in [0.05, 0.1) is 12.7 Å². The topological polar surface area (TPSA) is 136 Å². The molecule has 2 unspecified atom stereocenters. The molecule has 0 radical (unpaired) electrons. The summed E-state index contributed by atoms with van der Waals surface area (Å²) in [6.45, 7) is 1.61. The molecule has 1 rings (SSSR count). The van der Waals surface area contributed by atoms with Crippen molar-refractivity contribution in [3.05, 3.63) is 28.8 Å². The number of anilines is 1. The van der Waals surface area contributed by atoms with Gasteiger partial charge < -0.3 is 26.4 Å². The monoisotopic (exact) mass is 268 g/mol. The van der Waals surface area contributed by atoms with Gasteiger partial charge in [0.2, 0.25) is 5.91 Å². The lowest BCUT2D eigenvalue weighted by atomic mass is 9.97. The van der Waals surface area contributed by atoms with E-state index < -0.39 is 24.1 Å². The third-order valence-corrected chi connectivity index (χ3v) is 2.81. The van der Waals surface area contributed by atoms with Gasteiger partial charge in [-0.2, -0.15) is 0 Å². The van der Waals surface area contributed by atoms with Crippen molar-refractivity contribution in [3.8, 4) is 0 Å². The molecule has 0 saturated heterocycles. The number of aliphatic hydroxyl groups excluding tert-OH is 2. The number of carbonyl (C=O) groups excluding carboxylic acids is 2. The molecular formula is C12H16N2O5. The predicted molar refractivity (Wildman–Crippen MR) is 67.1 cm³/mol. The van der Waals surface area contributed by atoms with Crippen LogP contribution in [0.1, 0.15) is 27.6 Å². The molecule has 0 aliphatic rings. The number of benzene rings is 1. The number of aliphatic hydroxyl groups is 2. The molecule has 0 fully saturated rings. The number of ether oxygens (including phenoxy) is 1. The fourth-order valence-electron chi connectivity index (χ4n) is 1.59. The van der Waals surface area contributed by atoms with Gasteiger partial charge in [-0.25, -0.2) is 4.79 Å². The minimum atomic E-state index is -1.78. The SMILES string of the molecule is COC(=O)c1cc(C(O)C(O)C(N)=O)cc(N)c1C. The molecule has 7 heteroatoms. The first-order chi connectivity index (χ1) is 8.79. The van der Waals surface area contributed by atoms with E-state index in [9.17, 15) is 19.8 Å². The molecule has 0 aliphatic carbocycles. The lowest BCUT2D eigenvalue weighted by Crippen LogP contribution is -2.34. The number of nitrogen functional groups attached to an aromatic ring is 1. The highest BCUT2D eigenvalue weighted by Gasteiger charge is 2.25. The second kappa shape index (κ2) is 5.68. The average molecular weight is 268 g/mol. The van der Waals surface area contributed by atoms with Crippen molar-refractivity contribution in [1.29, 1.82) is 0 Å². The molecule has 1 aromatic rings. The standard InChI is InChI=1S/C12H16N2O5/c1-5-7(12(18)19-2)3-6(4-8(5)13)9(15)10(16)11(14)17/h3-4,9-10,15-16H,13H2,1-2H3,(H2,14,17). The van der Waals surface area contributed by atoms with Crippen molar-refractivity contribution in [2.75, 3.05) is 12.8 Å². The van der Waals surface area contributed by atoms with E-state index in [0.29, 0.717) is 5.56 Å². The van der Waals surface area contributed by atoms with Crippen molar-refractivity contribution in [2.24, 2.45) is 5.73 Å². The Morgan fingerprint density at radius 1 is 1.32 bits per heavy atom. The number of primary amides is 1. The van der Waals surface area contributed by atoms with E-state index in [0.717, 1.165) is 0 Å². The molecule has 0 aliphatic heterocycles. The number of rotatable bonds is 4. The molecule has 1 amide bonds. The van der Waals surface area contributed by atoms with E-state index in [2.05, 4.69) is 4.74 Å². The summed E-state index contributed by atoms with van der Waals surface area (Å²) in [5, 5.41) is 19.2. The number of nitrogens with two attached hydrogens (primary N) is 2. The summed E-state index contributed by atoms with van der Waals surface area (Å²) in [5.41, 5.74) is 11.6. The number of carbonyl (C=O) groups is 2. The molecule has 7 nitrogen and oxygen atoms in total. The third-order valence-electron chi connectivity index (χ3n) is 2.81. The van der Waals surface area contributed by atoms with Crippen LogP contribution >= 0.6 is 0 Å². The lowest BCUT2D eigenvalue weighted by molar-refractivity contribution is -0.131. The highest BCUT2D eigenvalue weighted by atomic mass is 16.5. The number of amides is 1. The van der Waals surface area contributed by atoms with Crippen LogP contribution in [0.15, 0.2) is 12.1 Å². The minimum Gasteiger partial charge on any atom is -0.465 e. The van der Waals surface area contributed by atoms with E-state index in [1.54, 1.807) is 6.92 Å². The second-order valence-corrected chi connectivity index (χ2v) is 4.07. The maximum atomic E-state index is 11.6. The summed E-state index contributed by atoms with van der Waals surface area (Å²) in [7, 11) is 1.21. The van der Waals surface area contributed by atoms with Crippen LogP contribution in [0.5, 0.6) is 0 Å². The Labute approximate surface area is 109 Å². The minimum absolute atomic E-state index is 0.106.